The van der Waals surface area contributed by atoms with Crippen molar-refractivity contribution in [2.45, 2.75) is 6.67 Å². The van der Waals surface area contributed by atoms with Gasteiger partial charge < -0.3 is 4.98 Å². The van der Waals surface area contributed by atoms with Gasteiger partial charge >= 0.3 is 0 Å². The fraction of sp³-hybridized carbons (Fsp3) is 0.100. The molecule has 0 aliphatic rings. The third-order valence-electron chi connectivity index (χ3n) is 1.99. The number of H-pyrrole nitrogens is 1. The first-order valence-corrected chi connectivity index (χ1v) is 4.87. The summed E-state index contributed by atoms with van der Waals surface area (Å²) >= 11 is 3.28. The van der Waals surface area contributed by atoms with E-state index in [0.717, 1.165) is 4.47 Å². The Kier molecular flexibility index (Phi) is 2.37. The summed E-state index contributed by atoms with van der Waals surface area (Å²) in [6.07, 6.45) is 0. The van der Waals surface area contributed by atoms with Gasteiger partial charge in [0, 0.05) is 21.4 Å². The van der Waals surface area contributed by atoms with Crippen molar-refractivity contribution in [1.29, 1.82) is 0 Å². The highest BCUT2D eigenvalue weighted by atomic mass is 79.9. The topological polar surface area (TPSA) is 32.9 Å². The van der Waals surface area contributed by atoms with E-state index in [2.05, 4.69) is 20.9 Å². The van der Waals surface area contributed by atoms with E-state index in [4.69, 9.17) is 0 Å². The van der Waals surface area contributed by atoms with Crippen LogP contribution in [0.1, 0.15) is 5.69 Å². The molecule has 2 aromatic rings. The molecule has 0 spiro atoms. The molecule has 0 bridgehead atoms. The Labute approximate surface area is 87.9 Å². The quantitative estimate of drug-likeness (QED) is 0.836. The van der Waals surface area contributed by atoms with Gasteiger partial charge in [-0.1, -0.05) is 15.9 Å². The normalized spacial score (nSPS) is 10.7. The second kappa shape index (κ2) is 3.53. The molecule has 0 aliphatic heterocycles. The first kappa shape index (κ1) is 9.40. The fourth-order valence-electron chi connectivity index (χ4n) is 1.35. The molecule has 14 heavy (non-hydrogen) atoms. The van der Waals surface area contributed by atoms with E-state index in [1.165, 1.54) is 6.07 Å². The van der Waals surface area contributed by atoms with Crippen LogP contribution in [0.4, 0.5) is 4.39 Å². The molecule has 0 saturated heterocycles. The zero-order chi connectivity index (χ0) is 10.1. The number of aromatic amines is 1. The zero-order valence-corrected chi connectivity index (χ0v) is 8.77. The van der Waals surface area contributed by atoms with Gasteiger partial charge in [0.25, 0.3) is 0 Å². The van der Waals surface area contributed by atoms with Gasteiger partial charge in [-0.15, -0.1) is 0 Å². The summed E-state index contributed by atoms with van der Waals surface area (Å²) in [5.74, 6) is 0. The van der Waals surface area contributed by atoms with Gasteiger partial charge in [0.05, 0.1) is 5.69 Å². The summed E-state index contributed by atoms with van der Waals surface area (Å²) in [5.41, 5.74) is 0.811. The summed E-state index contributed by atoms with van der Waals surface area (Å²) in [7, 11) is 0. The minimum atomic E-state index is -0.652. The SMILES string of the molecule is O=c1cc(CF)[nH]c2ccc(Br)cc12. The number of benzene rings is 1. The van der Waals surface area contributed by atoms with E-state index in [0.29, 0.717) is 16.6 Å². The maximum absolute atomic E-state index is 12.3. The number of aromatic nitrogens is 1. The standard InChI is InChI=1S/C10H7BrFNO/c11-6-1-2-9-8(3-6)10(14)4-7(5-12)13-9/h1-4H,5H2,(H,13,14). The molecule has 2 nitrogen and oxygen atoms in total. The highest BCUT2D eigenvalue weighted by Gasteiger charge is 2.01. The number of hydrogen-bond donors (Lipinski definition) is 1. The number of halogens is 2. The number of nitrogens with one attached hydrogen (secondary N) is 1. The molecule has 0 radical (unpaired) electrons. The van der Waals surface area contributed by atoms with E-state index < -0.39 is 6.67 Å². The lowest BCUT2D eigenvalue weighted by Crippen LogP contribution is -2.04. The molecule has 0 unspecified atom stereocenters. The van der Waals surface area contributed by atoms with Gasteiger partial charge in [-0.3, -0.25) is 4.79 Å². The van der Waals surface area contributed by atoms with Crippen molar-refractivity contribution in [1.82, 2.24) is 4.98 Å². The second-order valence-electron chi connectivity index (χ2n) is 2.98. The molecule has 1 N–H and O–H groups in total. The number of hydrogen-bond acceptors (Lipinski definition) is 1. The number of rotatable bonds is 1. The zero-order valence-electron chi connectivity index (χ0n) is 7.18. The lowest BCUT2D eigenvalue weighted by Gasteiger charge is -2.00. The van der Waals surface area contributed by atoms with Gasteiger partial charge in [0.1, 0.15) is 6.67 Å². The van der Waals surface area contributed by atoms with Gasteiger partial charge in [-0.05, 0) is 18.2 Å². The molecule has 0 aliphatic carbocycles. The summed E-state index contributed by atoms with van der Waals surface area (Å²) in [4.78, 5) is 14.4. The Morgan fingerprint density at radius 3 is 2.86 bits per heavy atom. The first-order chi connectivity index (χ1) is 6.70. The maximum Gasteiger partial charge on any atom is 0.189 e. The number of alkyl halides is 1. The van der Waals surface area contributed by atoms with Crippen LogP contribution in [0, 0.1) is 0 Å². The Balaban J connectivity index is 2.83. The smallest absolute Gasteiger partial charge is 0.189 e. The predicted molar refractivity (Wildman–Crippen MR) is 57.1 cm³/mol. The van der Waals surface area contributed by atoms with Crippen molar-refractivity contribution in [3.63, 3.8) is 0 Å². The van der Waals surface area contributed by atoms with Crippen LogP contribution in [0.2, 0.25) is 0 Å². The van der Waals surface area contributed by atoms with Crippen molar-refractivity contribution in [2.75, 3.05) is 0 Å². The molecule has 1 aromatic carbocycles. The van der Waals surface area contributed by atoms with Crippen LogP contribution in [0.15, 0.2) is 33.5 Å². The summed E-state index contributed by atoms with van der Waals surface area (Å²) in [5, 5.41) is 0.566. The summed E-state index contributed by atoms with van der Waals surface area (Å²) in [6, 6.07) is 6.56. The molecular formula is C10H7BrFNO. The molecule has 0 atom stereocenters. The lowest BCUT2D eigenvalue weighted by molar-refractivity contribution is 0.477. The largest absolute Gasteiger partial charge is 0.356 e. The van der Waals surface area contributed by atoms with Gasteiger partial charge in [0.15, 0.2) is 5.43 Å². The second-order valence-corrected chi connectivity index (χ2v) is 3.90. The molecule has 1 heterocycles. The van der Waals surface area contributed by atoms with Gasteiger partial charge in [-0.2, -0.15) is 0 Å². The van der Waals surface area contributed by atoms with Crippen LogP contribution in [0.25, 0.3) is 10.9 Å². The molecule has 0 fully saturated rings. The maximum atomic E-state index is 12.3. The highest BCUT2D eigenvalue weighted by molar-refractivity contribution is 9.10. The Morgan fingerprint density at radius 2 is 2.14 bits per heavy atom. The molecule has 0 amide bonds. The number of fused-ring (bicyclic) bond motifs is 1. The van der Waals surface area contributed by atoms with E-state index in [-0.39, 0.29) is 5.43 Å². The van der Waals surface area contributed by atoms with Gasteiger partial charge in [0.2, 0.25) is 0 Å². The van der Waals surface area contributed by atoms with Crippen molar-refractivity contribution in [2.24, 2.45) is 0 Å². The van der Waals surface area contributed by atoms with E-state index in [1.807, 2.05) is 0 Å². The van der Waals surface area contributed by atoms with Crippen LogP contribution in [-0.4, -0.2) is 4.98 Å². The van der Waals surface area contributed by atoms with Crippen LogP contribution in [0.3, 0.4) is 0 Å². The van der Waals surface area contributed by atoms with Crippen LogP contribution >= 0.6 is 15.9 Å². The van der Waals surface area contributed by atoms with E-state index in [9.17, 15) is 9.18 Å². The van der Waals surface area contributed by atoms with E-state index in [1.54, 1.807) is 18.2 Å². The Morgan fingerprint density at radius 1 is 1.36 bits per heavy atom. The lowest BCUT2D eigenvalue weighted by atomic mass is 10.2. The Hall–Kier alpha value is -1.16. The third kappa shape index (κ3) is 1.57. The van der Waals surface area contributed by atoms with Crippen molar-refractivity contribution in [3.8, 4) is 0 Å². The minimum Gasteiger partial charge on any atom is -0.356 e. The van der Waals surface area contributed by atoms with Crippen molar-refractivity contribution in [3.05, 3.63) is 44.7 Å². The van der Waals surface area contributed by atoms with Crippen LogP contribution < -0.4 is 5.43 Å². The molecule has 72 valence electrons. The molecule has 2 rings (SSSR count). The Bertz CT molecular complexity index is 535. The molecule has 1 aromatic heterocycles. The van der Waals surface area contributed by atoms with E-state index >= 15 is 0 Å². The fourth-order valence-corrected chi connectivity index (χ4v) is 1.71. The monoisotopic (exact) mass is 255 g/mol. The number of pyridine rings is 1. The predicted octanol–water partition coefficient (Wildman–Crippen LogP) is 2.76. The van der Waals surface area contributed by atoms with Crippen molar-refractivity contribution >= 4 is 26.8 Å². The van der Waals surface area contributed by atoms with Gasteiger partial charge in [-0.25, -0.2) is 4.39 Å². The first-order valence-electron chi connectivity index (χ1n) is 4.08. The average molecular weight is 256 g/mol. The molecule has 0 saturated carbocycles. The third-order valence-corrected chi connectivity index (χ3v) is 2.48. The van der Waals surface area contributed by atoms with Crippen molar-refractivity contribution < 1.29 is 4.39 Å². The summed E-state index contributed by atoms with van der Waals surface area (Å²) < 4.78 is 13.2. The minimum absolute atomic E-state index is 0.160. The average Bonchev–Trinajstić information content (AvgIpc) is 2.19. The van der Waals surface area contributed by atoms with Crippen LogP contribution in [0.5, 0.6) is 0 Å². The molecule has 4 heteroatoms. The van der Waals surface area contributed by atoms with Crippen LogP contribution in [-0.2, 0) is 6.67 Å². The molecular weight excluding hydrogens is 249 g/mol. The highest BCUT2D eigenvalue weighted by Crippen LogP contribution is 2.15. The summed E-state index contributed by atoms with van der Waals surface area (Å²) in [6.45, 7) is -0.652.